The quantitative estimate of drug-likeness (QED) is 0.879. The number of hydrogen-bond acceptors (Lipinski definition) is 5. The maximum Gasteiger partial charge on any atom is 0.263 e. The van der Waals surface area contributed by atoms with Gasteiger partial charge in [0.1, 0.15) is 16.0 Å². The summed E-state index contributed by atoms with van der Waals surface area (Å²) in [6, 6.07) is 5.72. The fourth-order valence-corrected chi connectivity index (χ4v) is 3.26. The molecule has 0 aliphatic rings. The van der Waals surface area contributed by atoms with Crippen molar-refractivity contribution < 1.29 is 8.42 Å². The predicted octanol–water partition coefficient (Wildman–Crippen LogP) is 1.11. The van der Waals surface area contributed by atoms with Crippen LogP contribution in [0, 0.1) is 11.3 Å². The molecule has 0 unspecified atom stereocenters. The van der Waals surface area contributed by atoms with Gasteiger partial charge in [0.05, 0.1) is 5.56 Å². The Hall–Kier alpha value is -2.11. The summed E-state index contributed by atoms with van der Waals surface area (Å²) in [5.74, 6) is 0. The minimum absolute atomic E-state index is 0.0700. The molecule has 2 rings (SSSR count). The van der Waals surface area contributed by atoms with Crippen molar-refractivity contribution in [1.82, 2.24) is 4.98 Å². The van der Waals surface area contributed by atoms with E-state index < -0.39 is 10.0 Å². The van der Waals surface area contributed by atoms with Crippen LogP contribution in [-0.4, -0.2) is 13.4 Å². The first kappa shape index (κ1) is 12.3. The summed E-state index contributed by atoms with van der Waals surface area (Å²) in [6.45, 7) is 0. The second-order valence-electron chi connectivity index (χ2n) is 3.27. The van der Waals surface area contributed by atoms with E-state index in [0.717, 1.165) is 23.6 Å². The Morgan fingerprint density at radius 2 is 2.11 bits per heavy atom. The highest BCUT2D eigenvalue weighted by atomic mass is 32.2. The number of nitriles is 1. The maximum absolute atomic E-state index is 11.9. The summed E-state index contributed by atoms with van der Waals surface area (Å²) in [4.78, 5) is 13.1. The van der Waals surface area contributed by atoms with Crippen LogP contribution >= 0.6 is 11.3 Å². The van der Waals surface area contributed by atoms with Crippen LogP contribution in [0.2, 0.25) is 0 Å². The van der Waals surface area contributed by atoms with Crippen LogP contribution in [-0.2, 0) is 10.0 Å². The predicted molar refractivity (Wildman–Crippen MR) is 66.9 cm³/mol. The molecule has 0 aromatic carbocycles. The number of H-pyrrole nitrogens is 1. The molecule has 6 nitrogen and oxygen atoms in total. The first-order chi connectivity index (χ1) is 8.53. The zero-order valence-electron chi connectivity index (χ0n) is 8.88. The molecular weight excluding hydrogens is 274 g/mol. The smallest absolute Gasteiger partial charge is 0.263 e. The number of anilines is 1. The van der Waals surface area contributed by atoms with Crippen molar-refractivity contribution in [3.63, 3.8) is 0 Å². The largest absolute Gasteiger partial charge is 0.328 e. The molecule has 0 radical (unpaired) electrons. The van der Waals surface area contributed by atoms with E-state index in [-0.39, 0.29) is 21.0 Å². The monoisotopic (exact) mass is 281 g/mol. The summed E-state index contributed by atoms with van der Waals surface area (Å²) in [6.07, 6.45) is 1.10. The Balaban J connectivity index is 2.36. The number of sulfonamides is 1. The van der Waals surface area contributed by atoms with Crippen molar-refractivity contribution in [3.05, 3.63) is 45.7 Å². The van der Waals surface area contributed by atoms with Crippen molar-refractivity contribution >= 4 is 26.4 Å². The van der Waals surface area contributed by atoms with Crippen molar-refractivity contribution in [2.24, 2.45) is 0 Å². The second-order valence-corrected chi connectivity index (χ2v) is 5.87. The molecule has 0 aliphatic carbocycles. The number of aromatic nitrogens is 1. The lowest BCUT2D eigenvalue weighted by Crippen LogP contribution is -2.15. The van der Waals surface area contributed by atoms with Gasteiger partial charge in [-0.1, -0.05) is 0 Å². The van der Waals surface area contributed by atoms with Gasteiger partial charge in [0.25, 0.3) is 10.0 Å². The van der Waals surface area contributed by atoms with Crippen molar-refractivity contribution in [2.75, 3.05) is 4.72 Å². The lowest BCUT2D eigenvalue weighted by Gasteiger charge is -2.05. The van der Waals surface area contributed by atoms with Gasteiger partial charge in [-0.3, -0.25) is 9.52 Å². The number of aromatic amines is 1. The number of rotatable bonds is 3. The number of nitrogens with zero attached hydrogens (tertiary/aromatic N) is 1. The van der Waals surface area contributed by atoms with Crippen LogP contribution < -0.4 is 10.3 Å². The lowest BCUT2D eigenvalue weighted by atomic mass is 10.4. The van der Waals surface area contributed by atoms with Gasteiger partial charge in [0.2, 0.25) is 5.56 Å². The van der Waals surface area contributed by atoms with E-state index in [2.05, 4.69) is 9.71 Å². The highest BCUT2D eigenvalue weighted by molar-refractivity contribution is 7.93. The van der Waals surface area contributed by atoms with Crippen LogP contribution in [0.5, 0.6) is 0 Å². The lowest BCUT2D eigenvalue weighted by molar-refractivity contribution is 0.601. The molecule has 2 heterocycles. The average Bonchev–Trinajstić information content (AvgIpc) is 2.76. The third kappa shape index (κ3) is 2.42. The molecule has 18 heavy (non-hydrogen) atoms. The molecular formula is C10H7N3O3S2. The van der Waals surface area contributed by atoms with E-state index in [1.54, 1.807) is 5.38 Å². The van der Waals surface area contributed by atoms with Crippen molar-refractivity contribution in [2.45, 2.75) is 4.90 Å². The van der Waals surface area contributed by atoms with Gasteiger partial charge < -0.3 is 4.98 Å². The van der Waals surface area contributed by atoms with Crippen LogP contribution in [0.4, 0.5) is 5.00 Å². The standard InChI is InChI=1S/C10H7N3O3S2/c11-5-7-3-4-17-10(7)13-18(15,16)8-1-2-9(14)12-6-8/h1-4,6,13H,(H,12,14). The van der Waals surface area contributed by atoms with E-state index in [1.807, 2.05) is 6.07 Å². The van der Waals surface area contributed by atoms with Crippen LogP contribution in [0.15, 0.2) is 39.5 Å². The summed E-state index contributed by atoms with van der Waals surface area (Å²) in [5.41, 5.74) is -0.129. The van der Waals surface area contributed by atoms with Gasteiger partial charge in [-0.25, -0.2) is 8.42 Å². The Morgan fingerprint density at radius 3 is 2.72 bits per heavy atom. The minimum atomic E-state index is -3.79. The number of hydrogen-bond donors (Lipinski definition) is 2. The third-order valence-electron chi connectivity index (χ3n) is 2.08. The Bertz CT molecular complexity index is 748. The fraction of sp³-hybridized carbons (Fsp3) is 0. The minimum Gasteiger partial charge on any atom is -0.328 e. The molecule has 2 aromatic rings. The molecule has 0 saturated carbocycles. The highest BCUT2D eigenvalue weighted by Crippen LogP contribution is 2.24. The summed E-state index contributed by atoms with van der Waals surface area (Å²) < 4.78 is 26.2. The average molecular weight is 281 g/mol. The number of pyridine rings is 1. The normalized spacial score (nSPS) is 10.8. The van der Waals surface area contributed by atoms with Gasteiger partial charge >= 0.3 is 0 Å². The van der Waals surface area contributed by atoms with E-state index >= 15 is 0 Å². The highest BCUT2D eigenvalue weighted by Gasteiger charge is 2.16. The Morgan fingerprint density at radius 1 is 1.33 bits per heavy atom. The summed E-state index contributed by atoms with van der Waals surface area (Å²) >= 11 is 1.11. The number of nitrogens with one attached hydrogen (secondary N) is 2. The molecule has 0 bridgehead atoms. The molecule has 8 heteroatoms. The molecule has 2 aromatic heterocycles. The van der Waals surface area contributed by atoms with Crippen molar-refractivity contribution in [1.29, 1.82) is 5.26 Å². The zero-order valence-corrected chi connectivity index (χ0v) is 10.5. The summed E-state index contributed by atoms with van der Waals surface area (Å²) in [7, 11) is -3.79. The van der Waals surface area contributed by atoms with Gasteiger partial charge in [0, 0.05) is 12.3 Å². The maximum atomic E-state index is 11.9. The van der Waals surface area contributed by atoms with E-state index in [1.165, 1.54) is 12.1 Å². The molecule has 0 aliphatic heterocycles. The topological polar surface area (TPSA) is 103 Å². The third-order valence-corrected chi connectivity index (χ3v) is 4.39. The summed E-state index contributed by atoms with van der Waals surface area (Å²) in [5, 5.41) is 10.7. The molecule has 0 atom stereocenters. The SMILES string of the molecule is N#Cc1ccsc1NS(=O)(=O)c1ccc(=O)[nH]c1. The molecule has 92 valence electrons. The molecule has 0 spiro atoms. The first-order valence-corrected chi connectivity index (χ1v) is 7.08. The molecule has 0 fully saturated rings. The van der Waals surface area contributed by atoms with Gasteiger partial charge in [-0.2, -0.15) is 5.26 Å². The Labute approximate surface area is 107 Å². The molecule has 2 N–H and O–H groups in total. The van der Waals surface area contributed by atoms with Gasteiger partial charge in [-0.05, 0) is 17.5 Å². The van der Waals surface area contributed by atoms with E-state index in [9.17, 15) is 13.2 Å². The Kier molecular flexibility index (Phi) is 3.18. The molecule has 0 amide bonds. The fourth-order valence-electron chi connectivity index (χ4n) is 1.22. The zero-order chi connectivity index (χ0) is 13.2. The van der Waals surface area contributed by atoms with Gasteiger partial charge in [-0.15, -0.1) is 11.3 Å². The first-order valence-electron chi connectivity index (χ1n) is 4.72. The van der Waals surface area contributed by atoms with Crippen LogP contribution in [0.25, 0.3) is 0 Å². The number of thiophene rings is 1. The van der Waals surface area contributed by atoms with Crippen LogP contribution in [0.1, 0.15) is 5.56 Å². The van der Waals surface area contributed by atoms with Crippen molar-refractivity contribution in [3.8, 4) is 6.07 Å². The second kappa shape index (κ2) is 4.64. The molecule has 0 saturated heterocycles. The van der Waals surface area contributed by atoms with E-state index in [4.69, 9.17) is 5.26 Å². The van der Waals surface area contributed by atoms with Crippen LogP contribution in [0.3, 0.4) is 0 Å². The van der Waals surface area contributed by atoms with Gasteiger partial charge in [0.15, 0.2) is 0 Å². The van der Waals surface area contributed by atoms with E-state index in [0.29, 0.717) is 0 Å².